The molecule has 0 N–H and O–H groups in total. The summed E-state index contributed by atoms with van der Waals surface area (Å²) in [5.74, 6) is 0.375. The summed E-state index contributed by atoms with van der Waals surface area (Å²) >= 11 is 0. The molecule has 2 saturated heterocycles. The van der Waals surface area contributed by atoms with E-state index in [9.17, 15) is 9.18 Å². The largest absolute Gasteiger partial charge is 0.491 e. The quantitative estimate of drug-likeness (QED) is 0.729. The van der Waals surface area contributed by atoms with Crippen LogP contribution in [0.4, 0.5) is 4.39 Å². The molecule has 5 nitrogen and oxygen atoms in total. The van der Waals surface area contributed by atoms with Crippen molar-refractivity contribution in [2.75, 3.05) is 32.8 Å². The number of hydrogen-bond acceptors (Lipinski definition) is 4. The standard InChI is InChI=1S/C24H29FN2O3/c1-18-3-2-4-19(13-18)14-26-11-9-21(10-12-26)27-15-23(30-17-24(27)28)16-29-22-7-5-20(25)6-8-22/h2-8,13,21,23H,9-12,14-17H2,1H3/t23-/m0/s1. The van der Waals surface area contributed by atoms with Crippen LogP contribution in [0, 0.1) is 12.7 Å². The highest BCUT2D eigenvalue weighted by molar-refractivity contribution is 5.78. The number of amides is 1. The van der Waals surface area contributed by atoms with Crippen LogP contribution < -0.4 is 4.74 Å². The molecule has 2 fully saturated rings. The zero-order valence-corrected chi connectivity index (χ0v) is 17.4. The lowest BCUT2D eigenvalue weighted by Gasteiger charge is -2.42. The number of rotatable bonds is 6. The molecule has 0 unspecified atom stereocenters. The van der Waals surface area contributed by atoms with E-state index in [2.05, 4.69) is 36.1 Å². The topological polar surface area (TPSA) is 42.0 Å². The minimum absolute atomic E-state index is 0.0603. The molecular formula is C24H29FN2O3. The summed E-state index contributed by atoms with van der Waals surface area (Å²) in [6.45, 7) is 6.04. The van der Waals surface area contributed by atoms with Gasteiger partial charge in [0.2, 0.25) is 5.91 Å². The second-order valence-electron chi connectivity index (χ2n) is 8.24. The predicted octanol–water partition coefficient (Wildman–Crippen LogP) is 3.40. The summed E-state index contributed by atoms with van der Waals surface area (Å²) in [6.07, 6.45) is 1.78. The predicted molar refractivity (Wildman–Crippen MR) is 113 cm³/mol. The molecule has 0 aliphatic carbocycles. The molecular weight excluding hydrogens is 383 g/mol. The van der Waals surface area contributed by atoms with Crippen molar-refractivity contribution in [2.45, 2.75) is 38.5 Å². The Morgan fingerprint density at radius 2 is 1.90 bits per heavy atom. The molecule has 0 aromatic heterocycles. The normalized spacial score (nSPS) is 21.1. The third-order valence-electron chi connectivity index (χ3n) is 5.90. The van der Waals surface area contributed by atoms with E-state index in [0.717, 1.165) is 32.5 Å². The molecule has 2 heterocycles. The fraction of sp³-hybridized carbons (Fsp3) is 0.458. The Labute approximate surface area is 177 Å². The third kappa shape index (κ3) is 5.37. The zero-order valence-electron chi connectivity index (χ0n) is 17.4. The van der Waals surface area contributed by atoms with Crippen molar-refractivity contribution in [2.24, 2.45) is 0 Å². The molecule has 30 heavy (non-hydrogen) atoms. The number of ether oxygens (including phenoxy) is 2. The molecule has 1 amide bonds. The summed E-state index contributed by atoms with van der Waals surface area (Å²) in [5, 5.41) is 0. The molecule has 160 valence electrons. The Morgan fingerprint density at radius 3 is 2.63 bits per heavy atom. The lowest BCUT2D eigenvalue weighted by atomic mass is 10.0. The van der Waals surface area contributed by atoms with Gasteiger partial charge >= 0.3 is 0 Å². The lowest BCUT2D eigenvalue weighted by molar-refractivity contribution is -0.155. The van der Waals surface area contributed by atoms with Gasteiger partial charge in [-0.15, -0.1) is 0 Å². The van der Waals surface area contributed by atoms with Gasteiger partial charge in [-0.3, -0.25) is 9.69 Å². The second-order valence-corrected chi connectivity index (χ2v) is 8.24. The number of nitrogens with zero attached hydrogens (tertiary/aromatic N) is 2. The van der Waals surface area contributed by atoms with E-state index < -0.39 is 0 Å². The van der Waals surface area contributed by atoms with Crippen LogP contribution in [0.15, 0.2) is 48.5 Å². The smallest absolute Gasteiger partial charge is 0.248 e. The van der Waals surface area contributed by atoms with Crippen LogP contribution in [0.2, 0.25) is 0 Å². The first kappa shape index (κ1) is 20.8. The Balaban J connectivity index is 1.27. The second kappa shape index (κ2) is 9.58. The molecule has 2 aromatic rings. The highest BCUT2D eigenvalue weighted by atomic mass is 19.1. The number of benzene rings is 2. The first-order chi connectivity index (χ1) is 14.6. The van der Waals surface area contributed by atoms with Gasteiger partial charge in [-0.1, -0.05) is 29.8 Å². The number of aryl methyl sites for hydroxylation is 1. The monoisotopic (exact) mass is 412 g/mol. The fourth-order valence-corrected chi connectivity index (χ4v) is 4.28. The average Bonchev–Trinajstić information content (AvgIpc) is 2.75. The van der Waals surface area contributed by atoms with Gasteiger partial charge in [0, 0.05) is 25.7 Å². The van der Waals surface area contributed by atoms with Crippen LogP contribution in [-0.4, -0.2) is 60.7 Å². The van der Waals surface area contributed by atoms with Crippen LogP contribution in [0.25, 0.3) is 0 Å². The van der Waals surface area contributed by atoms with Crippen molar-refractivity contribution in [3.63, 3.8) is 0 Å². The first-order valence-corrected chi connectivity index (χ1v) is 10.6. The number of hydrogen-bond donors (Lipinski definition) is 0. The molecule has 2 aromatic carbocycles. The van der Waals surface area contributed by atoms with Crippen LogP contribution in [0.3, 0.4) is 0 Å². The molecule has 4 rings (SSSR count). The van der Waals surface area contributed by atoms with Gasteiger partial charge in [0.25, 0.3) is 0 Å². The molecule has 0 bridgehead atoms. The number of carbonyl (C=O) groups excluding carboxylic acids is 1. The van der Waals surface area contributed by atoms with Crippen LogP contribution in [-0.2, 0) is 16.1 Å². The van der Waals surface area contributed by atoms with Gasteiger partial charge in [-0.25, -0.2) is 4.39 Å². The third-order valence-corrected chi connectivity index (χ3v) is 5.90. The number of halogens is 1. The van der Waals surface area contributed by atoms with Crippen molar-refractivity contribution >= 4 is 5.91 Å². The van der Waals surface area contributed by atoms with E-state index in [1.54, 1.807) is 12.1 Å². The summed E-state index contributed by atoms with van der Waals surface area (Å²) < 4.78 is 24.4. The Bertz CT molecular complexity index is 850. The summed E-state index contributed by atoms with van der Waals surface area (Å²) in [5.41, 5.74) is 2.63. The van der Waals surface area contributed by atoms with E-state index >= 15 is 0 Å². The van der Waals surface area contributed by atoms with Crippen LogP contribution in [0.5, 0.6) is 5.75 Å². The molecule has 1 atom stereocenters. The SMILES string of the molecule is Cc1cccc(CN2CCC(N3C[C@@H](COc4ccc(F)cc4)OCC3=O)CC2)c1. The number of carbonyl (C=O) groups is 1. The number of morpholine rings is 1. The van der Waals surface area contributed by atoms with E-state index in [4.69, 9.17) is 9.47 Å². The van der Waals surface area contributed by atoms with E-state index in [1.807, 2.05) is 4.90 Å². The van der Waals surface area contributed by atoms with Gasteiger partial charge in [0.15, 0.2) is 0 Å². The van der Waals surface area contributed by atoms with Crippen molar-refractivity contribution in [3.8, 4) is 5.75 Å². The maximum atomic E-state index is 13.0. The minimum Gasteiger partial charge on any atom is -0.491 e. The molecule has 0 radical (unpaired) electrons. The van der Waals surface area contributed by atoms with Gasteiger partial charge in [0.1, 0.15) is 30.9 Å². The maximum absolute atomic E-state index is 13.0. The van der Waals surface area contributed by atoms with E-state index in [-0.39, 0.29) is 30.5 Å². The van der Waals surface area contributed by atoms with E-state index in [1.165, 1.54) is 23.3 Å². The van der Waals surface area contributed by atoms with Crippen molar-refractivity contribution in [1.82, 2.24) is 9.80 Å². The molecule has 0 spiro atoms. The fourth-order valence-electron chi connectivity index (χ4n) is 4.28. The van der Waals surface area contributed by atoms with Crippen molar-refractivity contribution < 1.29 is 18.7 Å². The minimum atomic E-state index is -0.290. The Hall–Kier alpha value is -2.44. The molecule has 6 heteroatoms. The van der Waals surface area contributed by atoms with E-state index in [0.29, 0.717) is 18.9 Å². The van der Waals surface area contributed by atoms with Crippen LogP contribution in [0.1, 0.15) is 24.0 Å². The molecule has 2 aliphatic rings. The van der Waals surface area contributed by atoms with Gasteiger partial charge in [-0.05, 0) is 49.6 Å². The number of likely N-dealkylation sites (tertiary alicyclic amines) is 1. The van der Waals surface area contributed by atoms with Crippen molar-refractivity contribution in [3.05, 3.63) is 65.5 Å². The molecule has 2 aliphatic heterocycles. The number of piperidine rings is 1. The van der Waals surface area contributed by atoms with Gasteiger partial charge < -0.3 is 14.4 Å². The average molecular weight is 413 g/mol. The van der Waals surface area contributed by atoms with Gasteiger partial charge in [-0.2, -0.15) is 0 Å². The lowest BCUT2D eigenvalue weighted by Crippen LogP contribution is -2.55. The Morgan fingerprint density at radius 1 is 1.13 bits per heavy atom. The molecule has 0 saturated carbocycles. The Kier molecular flexibility index (Phi) is 6.65. The maximum Gasteiger partial charge on any atom is 0.248 e. The highest BCUT2D eigenvalue weighted by Crippen LogP contribution is 2.22. The summed E-state index contributed by atoms with van der Waals surface area (Å²) in [6, 6.07) is 14.8. The summed E-state index contributed by atoms with van der Waals surface area (Å²) in [7, 11) is 0. The summed E-state index contributed by atoms with van der Waals surface area (Å²) in [4.78, 5) is 16.9. The first-order valence-electron chi connectivity index (χ1n) is 10.6. The zero-order chi connectivity index (χ0) is 20.9. The van der Waals surface area contributed by atoms with Crippen molar-refractivity contribution in [1.29, 1.82) is 0 Å². The van der Waals surface area contributed by atoms with Crippen LogP contribution >= 0.6 is 0 Å². The highest BCUT2D eigenvalue weighted by Gasteiger charge is 2.33. The van der Waals surface area contributed by atoms with Gasteiger partial charge in [0.05, 0.1) is 6.54 Å².